The van der Waals surface area contributed by atoms with Crippen molar-refractivity contribution in [1.82, 2.24) is 0 Å². The number of amides is 1. The summed E-state index contributed by atoms with van der Waals surface area (Å²) in [5.74, 6) is -3.81. The van der Waals surface area contributed by atoms with Gasteiger partial charge < -0.3 is 15.5 Å². The van der Waals surface area contributed by atoms with E-state index in [1.54, 1.807) is 19.1 Å². The first-order valence-electron chi connectivity index (χ1n) is 5.39. The van der Waals surface area contributed by atoms with Crippen LogP contribution in [0.5, 0.6) is 0 Å². The van der Waals surface area contributed by atoms with Crippen LogP contribution in [0.4, 0.5) is 5.69 Å². The molecule has 1 aromatic carbocycles. The van der Waals surface area contributed by atoms with Crippen molar-refractivity contribution in [3.8, 4) is 0 Å². The van der Waals surface area contributed by atoms with Crippen LogP contribution in [0.1, 0.15) is 18.4 Å². The lowest BCUT2D eigenvalue weighted by atomic mass is 10.0. The highest BCUT2D eigenvalue weighted by Gasteiger charge is 2.15. The van der Waals surface area contributed by atoms with Crippen molar-refractivity contribution in [1.29, 1.82) is 0 Å². The molecule has 0 fully saturated rings. The molecule has 0 aliphatic carbocycles. The number of hydrogen-bond acceptors (Lipinski definition) is 3. The Morgan fingerprint density at radius 3 is 2.11 bits per heavy atom. The van der Waals surface area contributed by atoms with Gasteiger partial charge in [0, 0.05) is 5.69 Å². The zero-order valence-corrected chi connectivity index (χ0v) is 10.2. The Morgan fingerprint density at radius 2 is 1.68 bits per heavy atom. The van der Waals surface area contributed by atoms with Crippen LogP contribution in [0, 0.1) is 0 Å². The summed E-state index contributed by atoms with van der Waals surface area (Å²) in [6.45, 7) is 4.67. The van der Waals surface area contributed by atoms with Crippen molar-refractivity contribution in [2.24, 2.45) is 0 Å². The highest BCUT2D eigenvalue weighted by Crippen LogP contribution is 2.18. The smallest absolute Gasteiger partial charge is 0.340 e. The van der Waals surface area contributed by atoms with E-state index in [2.05, 4.69) is 11.9 Å². The third-order valence-electron chi connectivity index (χ3n) is 2.57. The second-order valence-corrected chi connectivity index (χ2v) is 3.92. The summed E-state index contributed by atoms with van der Waals surface area (Å²) in [5.41, 5.74) is 0.388. The van der Waals surface area contributed by atoms with Gasteiger partial charge in [0.15, 0.2) is 0 Å². The molecule has 1 aromatic rings. The average molecular weight is 263 g/mol. The predicted octanol–water partition coefficient (Wildman–Crippen LogP) is 1.45. The maximum atomic E-state index is 11.4. The molecule has 0 radical (unpaired) electrons. The molecule has 0 saturated heterocycles. The monoisotopic (exact) mass is 263 g/mol. The number of rotatable bonds is 5. The lowest BCUT2D eigenvalue weighted by Crippen LogP contribution is -2.19. The van der Waals surface area contributed by atoms with E-state index in [4.69, 9.17) is 10.2 Å². The van der Waals surface area contributed by atoms with Crippen LogP contribution in [-0.2, 0) is 14.4 Å². The van der Waals surface area contributed by atoms with Gasteiger partial charge in [-0.25, -0.2) is 4.79 Å². The largest absolute Gasteiger partial charge is 0.481 e. The molecule has 0 heterocycles. The van der Waals surface area contributed by atoms with Crippen LogP contribution in [0.15, 0.2) is 36.4 Å². The molecule has 0 spiro atoms. The molecule has 19 heavy (non-hydrogen) atoms. The van der Waals surface area contributed by atoms with Gasteiger partial charge in [0.25, 0.3) is 5.91 Å². The Morgan fingerprint density at radius 1 is 1.16 bits per heavy atom. The van der Waals surface area contributed by atoms with Crippen molar-refractivity contribution in [3.05, 3.63) is 42.0 Å². The number of aliphatic carboxylic acids is 2. The van der Waals surface area contributed by atoms with Gasteiger partial charge in [0.1, 0.15) is 5.57 Å². The van der Waals surface area contributed by atoms with Crippen molar-refractivity contribution in [2.75, 3.05) is 5.32 Å². The number of anilines is 1. The Kier molecular flexibility index (Phi) is 4.41. The molecule has 0 bridgehead atoms. The summed E-state index contributed by atoms with van der Waals surface area (Å²) in [7, 11) is 0. The first kappa shape index (κ1) is 14.4. The molecule has 1 unspecified atom stereocenters. The van der Waals surface area contributed by atoms with Crippen molar-refractivity contribution in [2.45, 2.75) is 12.8 Å². The summed E-state index contributed by atoms with van der Waals surface area (Å²) >= 11 is 0. The van der Waals surface area contributed by atoms with Gasteiger partial charge in [-0.2, -0.15) is 0 Å². The minimum Gasteiger partial charge on any atom is -0.481 e. The lowest BCUT2D eigenvalue weighted by Gasteiger charge is -2.08. The maximum Gasteiger partial charge on any atom is 0.340 e. The zero-order chi connectivity index (χ0) is 14.6. The fraction of sp³-hybridized carbons (Fsp3) is 0.154. The van der Waals surface area contributed by atoms with Gasteiger partial charge in [-0.05, 0) is 24.6 Å². The van der Waals surface area contributed by atoms with Crippen LogP contribution in [0.2, 0.25) is 0 Å². The summed E-state index contributed by atoms with van der Waals surface area (Å²) in [4.78, 5) is 32.7. The van der Waals surface area contributed by atoms with Crippen molar-refractivity contribution >= 4 is 23.5 Å². The minimum atomic E-state index is -1.39. The molecule has 0 saturated carbocycles. The molecule has 6 nitrogen and oxygen atoms in total. The molecule has 1 atom stereocenters. The molecule has 6 heteroatoms. The van der Waals surface area contributed by atoms with E-state index in [1.807, 2.05) is 0 Å². The predicted molar refractivity (Wildman–Crippen MR) is 67.9 cm³/mol. The van der Waals surface area contributed by atoms with Crippen molar-refractivity contribution < 1.29 is 24.6 Å². The highest BCUT2D eigenvalue weighted by atomic mass is 16.4. The van der Waals surface area contributed by atoms with E-state index in [0.717, 1.165) is 0 Å². The van der Waals surface area contributed by atoms with Gasteiger partial charge in [-0.15, -0.1) is 0 Å². The normalized spacial score (nSPS) is 11.4. The van der Waals surface area contributed by atoms with Crippen LogP contribution in [0.3, 0.4) is 0 Å². The first-order valence-corrected chi connectivity index (χ1v) is 5.39. The summed E-state index contributed by atoms with van der Waals surface area (Å²) < 4.78 is 0. The molecule has 1 amide bonds. The fourth-order valence-electron chi connectivity index (χ4n) is 1.30. The number of benzene rings is 1. The summed E-state index contributed by atoms with van der Waals surface area (Å²) in [5, 5.41) is 19.8. The Bertz CT molecular complexity index is 532. The van der Waals surface area contributed by atoms with Gasteiger partial charge in [-0.3, -0.25) is 9.59 Å². The van der Waals surface area contributed by atoms with E-state index in [-0.39, 0.29) is 0 Å². The number of nitrogens with one attached hydrogen (secondary N) is 1. The average Bonchev–Trinajstić information content (AvgIpc) is 2.37. The van der Waals surface area contributed by atoms with E-state index in [9.17, 15) is 14.4 Å². The highest BCUT2D eigenvalue weighted by molar-refractivity contribution is 6.19. The van der Waals surface area contributed by atoms with Crippen LogP contribution in [0.25, 0.3) is 0 Å². The molecule has 3 N–H and O–H groups in total. The number of carboxylic acid groups (broad SMARTS) is 2. The Balaban J connectivity index is 2.78. The number of carbonyl (C=O) groups is 3. The van der Waals surface area contributed by atoms with Crippen LogP contribution in [-0.4, -0.2) is 28.1 Å². The van der Waals surface area contributed by atoms with E-state index >= 15 is 0 Å². The second kappa shape index (κ2) is 5.81. The first-order chi connectivity index (χ1) is 8.82. The van der Waals surface area contributed by atoms with Crippen molar-refractivity contribution in [3.63, 3.8) is 0 Å². The molecule has 1 rings (SSSR count). The maximum absolute atomic E-state index is 11.4. The summed E-state index contributed by atoms with van der Waals surface area (Å²) in [6.07, 6.45) is 0. The van der Waals surface area contributed by atoms with Gasteiger partial charge in [-0.1, -0.05) is 18.7 Å². The molecule has 0 aliphatic rings. The molecule has 100 valence electrons. The molecule has 0 aromatic heterocycles. The minimum absolute atomic E-state index is 0.369. The Hall–Kier alpha value is -2.63. The second-order valence-electron chi connectivity index (χ2n) is 3.92. The lowest BCUT2D eigenvalue weighted by molar-refractivity contribution is -0.138. The number of hydrogen-bond donors (Lipinski definition) is 3. The SMILES string of the molecule is C=C(C(=O)O)C(=O)Nc1ccc(C(C)C(=O)O)cc1. The molecular weight excluding hydrogens is 250 g/mol. The third-order valence-corrected chi connectivity index (χ3v) is 2.57. The Labute approximate surface area is 109 Å². The number of carboxylic acids is 2. The van der Waals surface area contributed by atoms with Crippen LogP contribution < -0.4 is 5.32 Å². The number of carbonyl (C=O) groups excluding carboxylic acids is 1. The summed E-state index contributed by atoms with van der Waals surface area (Å²) in [6, 6.07) is 6.11. The fourth-order valence-corrected chi connectivity index (χ4v) is 1.30. The van der Waals surface area contributed by atoms with E-state index in [0.29, 0.717) is 11.3 Å². The third kappa shape index (κ3) is 3.67. The van der Waals surface area contributed by atoms with Gasteiger partial charge in [0.05, 0.1) is 5.92 Å². The van der Waals surface area contributed by atoms with E-state index < -0.39 is 29.3 Å². The molecular formula is C13H13NO5. The van der Waals surface area contributed by atoms with Gasteiger partial charge >= 0.3 is 11.9 Å². The standard InChI is InChI=1S/C13H13NO5/c1-7(12(16)17)9-3-5-10(6-4-9)14-11(15)8(2)13(18)19/h3-7H,2H2,1H3,(H,14,15)(H,16,17)(H,18,19). The molecule has 0 aliphatic heterocycles. The van der Waals surface area contributed by atoms with Crippen LogP contribution >= 0.6 is 0 Å². The zero-order valence-electron chi connectivity index (χ0n) is 10.2. The topological polar surface area (TPSA) is 104 Å². The van der Waals surface area contributed by atoms with E-state index in [1.165, 1.54) is 12.1 Å². The van der Waals surface area contributed by atoms with Gasteiger partial charge in [0.2, 0.25) is 0 Å². The quantitative estimate of drug-likeness (QED) is 0.424.